The largest absolute Gasteiger partial charge is 0.312 e. The molecule has 5 rings (SSSR count). The molecule has 0 radical (unpaired) electrons. The molecule has 0 saturated carbocycles. The molecule has 0 unspecified atom stereocenters. The number of hydrogen-bond acceptors (Lipinski definition) is 3. The van der Waals surface area contributed by atoms with E-state index in [1.54, 1.807) is 0 Å². The van der Waals surface area contributed by atoms with E-state index in [1.807, 2.05) is 24.0 Å². The first-order chi connectivity index (χ1) is 20.4. The highest BCUT2D eigenvalue weighted by atomic mass is 35.5. The molecule has 0 atom stereocenters. The molecule has 0 N–H and O–H groups in total. The average Bonchev–Trinajstić information content (AvgIpc) is 3.61. The minimum Gasteiger partial charge on any atom is -0.312 e. The first-order valence-electron chi connectivity index (χ1n) is 15.1. The molecule has 3 aromatic rings. The Balaban J connectivity index is 0.00000198. The Labute approximate surface area is 256 Å². The van der Waals surface area contributed by atoms with Crippen molar-refractivity contribution in [2.75, 3.05) is 31.2 Å². The summed E-state index contributed by atoms with van der Waals surface area (Å²) in [5, 5.41) is 0.796. The molecule has 2 saturated heterocycles. The molecule has 0 bridgehead atoms. The van der Waals surface area contributed by atoms with Crippen molar-refractivity contribution in [3.8, 4) is 24.1 Å². The molecular weight excluding hydrogens is 542 g/mol. The lowest BCUT2D eigenvalue weighted by Gasteiger charge is -2.31. The second-order valence-corrected chi connectivity index (χ2v) is 11.7. The molecule has 2 fully saturated rings. The smallest absolute Gasteiger partial charge is 0.227 e. The van der Waals surface area contributed by atoms with Gasteiger partial charge in [0.2, 0.25) is 11.5 Å². The van der Waals surface area contributed by atoms with Crippen molar-refractivity contribution < 1.29 is 4.79 Å². The monoisotopic (exact) mass is 585 g/mol. The van der Waals surface area contributed by atoms with Crippen LogP contribution in [0.2, 0.25) is 5.02 Å². The van der Waals surface area contributed by atoms with Gasteiger partial charge in [-0.2, -0.15) is 0 Å². The van der Waals surface area contributed by atoms with Gasteiger partial charge in [-0.3, -0.25) is 14.3 Å². The Kier molecular flexibility index (Phi) is 11.3. The van der Waals surface area contributed by atoms with Crippen LogP contribution in [0.25, 0.3) is 17.0 Å². The number of likely N-dealkylation sites (tertiary alicyclic amines) is 1. The van der Waals surface area contributed by atoms with Crippen LogP contribution in [0, 0.1) is 12.8 Å². The van der Waals surface area contributed by atoms with Gasteiger partial charge in [0.1, 0.15) is 0 Å². The van der Waals surface area contributed by atoms with Gasteiger partial charge in [0.05, 0.1) is 12.4 Å². The van der Waals surface area contributed by atoms with Crippen molar-refractivity contribution in [2.45, 2.75) is 71.3 Å². The van der Waals surface area contributed by atoms with Crippen molar-refractivity contribution >= 4 is 28.9 Å². The van der Waals surface area contributed by atoms with Crippen LogP contribution in [0.1, 0.15) is 70.3 Å². The van der Waals surface area contributed by atoms with Crippen LogP contribution in [-0.4, -0.2) is 46.2 Å². The number of anilines is 1. The molecule has 0 spiro atoms. The van der Waals surface area contributed by atoms with E-state index in [4.69, 9.17) is 16.6 Å². The maximum atomic E-state index is 12.2. The van der Waals surface area contributed by atoms with Gasteiger partial charge in [0, 0.05) is 55.2 Å². The third-order valence-electron chi connectivity index (χ3n) is 8.28. The number of benzene rings is 2. The Bertz CT molecular complexity index is 1420. The molecule has 42 heavy (non-hydrogen) atoms. The van der Waals surface area contributed by atoms with Crippen LogP contribution in [0.15, 0.2) is 66.3 Å². The molecule has 2 aliphatic heterocycles. The standard InChI is InChI=1S/C33H42ClN5O.C2H2/c1-4-5-6-19-38-31(28-11-15-30(16-12-28)37-20-7-8-32(37)40)23-39(25(2)3)33(38)35-24-36-21-17-27(18-22-36)26-9-13-29(34)14-10-26;1-2/h9-16,23,27H,2,4-8,17-22,24H2,1,3H3;1-2H/b35-33-;. The fourth-order valence-electron chi connectivity index (χ4n) is 5.94. The number of aromatic nitrogens is 2. The fraction of sp³-hybridized carbons (Fsp3) is 0.429. The number of piperidine rings is 1. The van der Waals surface area contributed by atoms with Gasteiger partial charge in [-0.05, 0) is 73.9 Å². The number of unbranched alkanes of at least 4 members (excludes halogenated alkanes) is 2. The summed E-state index contributed by atoms with van der Waals surface area (Å²) in [4.78, 5) is 21.8. The zero-order chi connectivity index (χ0) is 30.1. The summed E-state index contributed by atoms with van der Waals surface area (Å²) in [6.07, 6.45) is 17.5. The highest BCUT2D eigenvalue weighted by Gasteiger charge is 2.23. The van der Waals surface area contributed by atoms with E-state index in [0.717, 1.165) is 85.1 Å². The summed E-state index contributed by atoms with van der Waals surface area (Å²) >= 11 is 6.10. The van der Waals surface area contributed by atoms with Crippen molar-refractivity contribution in [1.82, 2.24) is 14.0 Å². The normalized spacial score (nSPS) is 16.5. The third kappa shape index (κ3) is 7.45. The lowest BCUT2D eigenvalue weighted by molar-refractivity contribution is -0.117. The van der Waals surface area contributed by atoms with E-state index in [-0.39, 0.29) is 5.91 Å². The van der Waals surface area contributed by atoms with E-state index in [0.29, 0.717) is 19.0 Å². The highest BCUT2D eigenvalue weighted by molar-refractivity contribution is 6.30. The third-order valence-corrected chi connectivity index (χ3v) is 8.54. The number of carbonyl (C=O) groups excluding carboxylic acids is 1. The van der Waals surface area contributed by atoms with Gasteiger partial charge >= 0.3 is 0 Å². The summed E-state index contributed by atoms with van der Waals surface area (Å²) in [7, 11) is 0. The van der Waals surface area contributed by atoms with Gasteiger partial charge in [0.15, 0.2) is 0 Å². The molecule has 6 nitrogen and oxygen atoms in total. The summed E-state index contributed by atoms with van der Waals surface area (Å²) in [5.74, 6) is 0.798. The number of amides is 1. The number of terminal acetylenes is 1. The van der Waals surface area contributed by atoms with Crippen LogP contribution in [0.4, 0.5) is 5.69 Å². The van der Waals surface area contributed by atoms with E-state index in [9.17, 15) is 4.79 Å². The van der Waals surface area contributed by atoms with Crippen LogP contribution in [0.3, 0.4) is 0 Å². The number of hydrogen-bond donors (Lipinski definition) is 0. The molecule has 1 aromatic heterocycles. The molecule has 222 valence electrons. The quantitative estimate of drug-likeness (QED) is 0.184. The number of imidazole rings is 1. The Morgan fingerprint density at radius 1 is 1.02 bits per heavy atom. The van der Waals surface area contributed by atoms with Crippen molar-refractivity contribution in [1.29, 1.82) is 0 Å². The summed E-state index contributed by atoms with van der Waals surface area (Å²) in [6.45, 7) is 13.0. The van der Waals surface area contributed by atoms with Crippen LogP contribution in [-0.2, 0) is 11.3 Å². The van der Waals surface area contributed by atoms with Crippen LogP contribution < -0.4 is 10.5 Å². The van der Waals surface area contributed by atoms with Crippen LogP contribution in [0.5, 0.6) is 0 Å². The Morgan fingerprint density at radius 2 is 1.71 bits per heavy atom. The van der Waals surface area contributed by atoms with Gasteiger partial charge in [-0.1, -0.05) is 62.2 Å². The first kappa shape index (κ1) is 31.4. The van der Waals surface area contributed by atoms with Crippen molar-refractivity contribution in [3.63, 3.8) is 0 Å². The Morgan fingerprint density at radius 3 is 2.31 bits per heavy atom. The van der Waals surface area contributed by atoms with Gasteiger partial charge in [-0.25, -0.2) is 4.99 Å². The summed E-state index contributed by atoms with van der Waals surface area (Å²) in [5.41, 5.74) is 6.55. The fourth-order valence-corrected chi connectivity index (χ4v) is 6.07. The molecule has 7 heteroatoms. The summed E-state index contributed by atoms with van der Waals surface area (Å²) in [6, 6.07) is 16.8. The Hall–Kier alpha value is -3.53. The lowest BCUT2D eigenvalue weighted by atomic mass is 9.90. The molecular formula is C35H44ClN5O. The second-order valence-electron chi connectivity index (χ2n) is 11.2. The SMILES string of the molecule is C#C.C=C(C)n1cc(-c2ccc(N3CCCC3=O)cc2)n(CCCCC)/c1=N/CN1CCC(c2ccc(Cl)cc2)CC1. The topological polar surface area (TPSA) is 45.8 Å². The predicted octanol–water partition coefficient (Wildman–Crippen LogP) is 7.40. The van der Waals surface area contributed by atoms with E-state index in [1.165, 1.54) is 18.4 Å². The van der Waals surface area contributed by atoms with E-state index in [2.05, 4.69) is 83.0 Å². The van der Waals surface area contributed by atoms with Gasteiger partial charge < -0.3 is 9.47 Å². The van der Waals surface area contributed by atoms with Gasteiger partial charge in [-0.15, -0.1) is 12.8 Å². The molecule has 0 aliphatic carbocycles. The maximum absolute atomic E-state index is 12.2. The average molecular weight is 586 g/mol. The van der Waals surface area contributed by atoms with E-state index >= 15 is 0 Å². The van der Waals surface area contributed by atoms with E-state index < -0.39 is 0 Å². The van der Waals surface area contributed by atoms with Crippen LogP contribution >= 0.6 is 11.6 Å². The van der Waals surface area contributed by atoms with Crippen molar-refractivity contribution in [3.05, 3.63) is 77.5 Å². The number of carbonyl (C=O) groups is 1. The first-order valence-corrected chi connectivity index (χ1v) is 15.5. The molecule has 2 aromatic carbocycles. The zero-order valence-corrected chi connectivity index (χ0v) is 25.9. The summed E-state index contributed by atoms with van der Waals surface area (Å²) < 4.78 is 4.50. The number of rotatable bonds is 10. The minimum absolute atomic E-state index is 0.217. The molecule has 3 heterocycles. The minimum atomic E-state index is 0.217. The highest BCUT2D eigenvalue weighted by Crippen LogP contribution is 2.29. The maximum Gasteiger partial charge on any atom is 0.227 e. The zero-order valence-electron chi connectivity index (χ0n) is 25.1. The number of allylic oxidation sites excluding steroid dienone is 1. The van der Waals surface area contributed by atoms with Gasteiger partial charge in [0.25, 0.3) is 0 Å². The second kappa shape index (κ2) is 15.1. The number of halogens is 1. The predicted molar refractivity (Wildman–Crippen MR) is 175 cm³/mol. The van der Waals surface area contributed by atoms with Crippen molar-refractivity contribution in [2.24, 2.45) is 4.99 Å². The molecule has 2 aliphatic rings. The molecule has 1 amide bonds. The lowest BCUT2D eigenvalue weighted by Crippen LogP contribution is -2.35. The number of nitrogens with zero attached hydrogens (tertiary/aromatic N) is 5.